The summed E-state index contributed by atoms with van der Waals surface area (Å²) in [5.74, 6) is -0.683. The number of halogens is 1. The Morgan fingerprint density at radius 2 is 2.26 bits per heavy atom. The number of aryl methyl sites for hydroxylation is 1. The Morgan fingerprint density at radius 3 is 2.89 bits per heavy atom. The largest absolute Gasteiger partial charge is 0.477 e. The van der Waals surface area contributed by atoms with E-state index in [1.807, 2.05) is 0 Å². The maximum absolute atomic E-state index is 11.8. The number of carbonyl (C=O) groups excluding carboxylic acids is 1. The summed E-state index contributed by atoms with van der Waals surface area (Å²) >= 11 is 5.51. The highest BCUT2D eigenvalue weighted by molar-refractivity contribution is 6.18. The average Bonchev–Trinajstić information content (AvgIpc) is 2.70. The average molecular weight is 287 g/mol. The van der Waals surface area contributed by atoms with Crippen LogP contribution in [0.25, 0.3) is 0 Å². The molecule has 2 amide bonds. The zero-order valence-corrected chi connectivity index (χ0v) is 11.3. The number of carboxylic acid groups (broad SMARTS) is 1. The van der Waals surface area contributed by atoms with E-state index in [4.69, 9.17) is 11.6 Å². The van der Waals surface area contributed by atoms with Crippen LogP contribution < -0.4 is 5.32 Å². The van der Waals surface area contributed by atoms with Gasteiger partial charge in [0.1, 0.15) is 0 Å². The lowest BCUT2D eigenvalue weighted by Crippen LogP contribution is -2.43. The molecule has 2 heterocycles. The lowest BCUT2D eigenvalue weighted by Gasteiger charge is -2.26. The fraction of sp³-hybridized carbons (Fsp3) is 0.545. The minimum Gasteiger partial charge on any atom is -0.477 e. The molecule has 1 aromatic rings. The van der Waals surface area contributed by atoms with Gasteiger partial charge in [0, 0.05) is 38.0 Å². The number of hydrogen-bond acceptors (Lipinski definition) is 3. The van der Waals surface area contributed by atoms with Crippen LogP contribution in [0.3, 0.4) is 0 Å². The Hall–Kier alpha value is -1.76. The van der Waals surface area contributed by atoms with Crippen LogP contribution in [0, 0.1) is 0 Å². The maximum Gasteiger partial charge on any atom is 0.354 e. The van der Waals surface area contributed by atoms with Gasteiger partial charge in [0.05, 0.1) is 12.2 Å². The van der Waals surface area contributed by atoms with E-state index in [-0.39, 0.29) is 18.3 Å². The monoisotopic (exact) mass is 286 g/mol. The SMILES string of the molecule is Cn1nc2c(c1C(=O)O)CN(C(=O)NCCCl)CC2. The van der Waals surface area contributed by atoms with E-state index in [0.717, 1.165) is 5.69 Å². The summed E-state index contributed by atoms with van der Waals surface area (Å²) in [6.45, 7) is 1.18. The molecule has 1 aliphatic heterocycles. The zero-order valence-electron chi connectivity index (χ0n) is 10.5. The summed E-state index contributed by atoms with van der Waals surface area (Å²) in [5.41, 5.74) is 1.51. The maximum atomic E-state index is 11.8. The van der Waals surface area contributed by atoms with Gasteiger partial charge in [-0.1, -0.05) is 0 Å². The molecular weight excluding hydrogens is 272 g/mol. The van der Waals surface area contributed by atoms with Crippen molar-refractivity contribution in [2.75, 3.05) is 19.0 Å². The highest BCUT2D eigenvalue weighted by atomic mass is 35.5. The van der Waals surface area contributed by atoms with Crippen LogP contribution in [0.2, 0.25) is 0 Å². The fourth-order valence-corrected chi connectivity index (χ4v) is 2.30. The molecule has 0 bridgehead atoms. The second-order valence-electron chi connectivity index (χ2n) is 4.30. The quantitative estimate of drug-likeness (QED) is 0.789. The molecule has 1 aromatic heterocycles. The third-order valence-corrected chi connectivity index (χ3v) is 3.25. The van der Waals surface area contributed by atoms with Crippen molar-refractivity contribution in [1.29, 1.82) is 0 Å². The molecule has 104 valence electrons. The van der Waals surface area contributed by atoms with Gasteiger partial charge in [0.25, 0.3) is 0 Å². The number of nitrogens with zero attached hydrogens (tertiary/aromatic N) is 3. The number of alkyl halides is 1. The van der Waals surface area contributed by atoms with Crippen LogP contribution >= 0.6 is 11.6 Å². The molecule has 19 heavy (non-hydrogen) atoms. The Morgan fingerprint density at radius 1 is 1.53 bits per heavy atom. The fourth-order valence-electron chi connectivity index (χ4n) is 2.21. The number of aromatic carboxylic acids is 1. The molecule has 0 saturated carbocycles. The van der Waals surface area contributed by atoms with Crippen molar-refractivity contribution in [3.8, 4) is 0 Å². The number of carbonyl (C=O) groups is 2. The second kappa shape index (κ2) is 5.48. The summed E-state index contributed by atoms with van der Waals surface area (Å²) in [5, 5.41) is 16.0. The minimum atomic E-state index is -1.03. The van der Waals surface area contributed by atoms with Gasteiger partial charge in [0.15, 0.2) is 5.69 Å². The lowest BCUT2D eigenvalue weighted by molar-refractivity contribution is 0.0682. The van der Waals surface area contributed by atoms with Crippen LogP contribution in [0.1, 0.15) is 21.7 Å². The molecule has 0 aliphatic carbocycles. The first kappa shape index (κ1) is 13.7. The molecule has 0 saturated heterocycles. The normalized spacial score (nSPS) is 14.1. The van der Waals surface area contributed by atoms with Crippen molar-refractivity contribution in [2.45, 2.75) is 13.0 Å². The highest BCUT2D eigenvalue weighted by Gasteiger charge is 2.28. The van der Waals surface area contributed by atoms with E-state index >= 15 is 0 Å². The minimum absolute atomic E-state index is 0.143. The van der Waals surface area contributed by atoms with E-state index in [1.165, 1.54) is 4.68 Å². The van der Waals surface area contributed by atoms with Crippen LogP contribution in [0.15, 0.2) is 0 Å². The number of carboxylic acids is 1. The van der Waals surface area contributed by atoms with Crippen molar-refractivity contribution in [3.63, 3.8) is 0 Å². The predicted molar refractivity (Wildman–Crippen MR) is 68.4 cm³/mol. The van der Waals surface area contributed by atoms with Gasteiger partial charge in [-0.3, -0.25) is 4.68 Å². The molecule has 1 aliphatic rings. The third kappa shape index (κ3) is 2.65. The summed E-state index contributed by atoms with van der Waals surface area (Å²) in [4.78, 5) is 24.6. The number of urea groups is 1. The van der Waals surface area contributed by atoms with E-state index in [1.54, 1.807) is 11.9 Å². The first-order valence-electron chi connectivity index (χ1n) is 5.91. The van der Waals surface area contributed by atoms with Crippen molar-refractivity contribution in [2.24, 2.45) is 7.05 Å². The number of hydrogen-bond donors (Lipinski definition) is 2. The van der Waals surface area contributed by atoms with E-state index in [2.05, 4.69) is 10.4 Å². The molecule has 8 heteroatoms. The van der Waals surface area contributed by atoms with Crippen LogP contribution in [0.4, 0.5) is 4.79 Å². The summed E-state index contributed by atoms with van der Waals surface area (Å²) < 4.78 is 1.35. The highest BCUT2D eigenvalue weighted by Crippen LogP contribution is 2.21. The van der Waals surface area contributed by atoms with Crippen LogP contribution in [0.5, 0.6) is 0 Å². The molecule has 0 spiro atoms. The summed E-state index contributed by atoms with van der Waals surface area (Å²) in [6.07, 6.45) is 0.560. The number of nitrogens with one attached hydrogen (secondary N) is 1. The lowest BCUT2D eigenvalue weighted by atomic mass is 10.1. The first-order chi connectivity index (χ1) is 9.04. The molecular formula is C11H15ClN4O3. The van der Waals surface area contributed by atoms with Crippen molar-refractivity contribution >= 4 is 23.6 Å². The Bertz CT molecular complexity index is 514. The van der Waals surface area contributed by atoms with Crippen LogP contribution in [-0.4, -0.2) is 50.8 Å². The van der Waals surface area contributed by atoms with Crippen LogP contribution in [-0.2, 0) is 20.0 Å². The molecule has 0 aromatic carbocycles. The van der Waals surface area contributed by atoms with Gasteiger partial charge >= 0.3 is 12.0 Å². The topological polar surface area (TPSA) is 87.5 Å². The molecule has 2 rings (SSSR count). The second-order valence-corrected chi connectivity index (χ2v) is 4.67. The van der Waals surface area contributed by atoms with Crippen molar-refractivity contribution < 1.29 is 14.7 Å². The van der Waals surface area contributed by atoms with Gasteiger partial charge in [-0.2, -0.15) is 5.10 Å². The van der Waals surface area contributed by atoms with E-state index in [0.29, 0.717) is 31.0 Å². The van der Waals surface area contributed by atoms with Crippen molar-refractivity contribution in [3.05, 3.63) is 17.0 Å². The molecule has 0 fully saturated rings. The third-order valence-electron chi connectivity index (χ3n) is 3.06. The van der Waals surface area contributed by atoms with E-state index in [9.17, 15) is 14.7 Å². The Balaban J connectivity index is 2.18. The van der Waals surface area contributed by atoms with Crippen molar-refractivity contribution in [1.82, 2.24) is 20.0 Å². The van der Waals surface area contributed by atoms with Gasteiger partial charge in [-0.25, -0.2) is 9.59 Å². The molecule has 7 nitrogen and oxygen atoms in total. The molecule has 2 N–H and O–H groups in total. The number of fused-ring (bicyclic) bond motifs is 1. The first-order valence-corrected chi connectivity index (χ1v) is 6.44. The molecule has 0 unspecified atom stereocenters. The van der Waals surface area contributed by atoms with Gasteiger partial charge in [-0.15, -0.1) is 11.6 Å². The van der Waals surface area contributed by atoms with Gasteiger partial charge in [0.2, 0.25) is 0 Å². The summed E-state index contributed by atoms with van der Waals surface area (Å²) in [6, 6.07) is -0.230. The Labute approximate surface area is 115 Å². The molecule has 0 radical (unpaired) electrons. The number of amides is 2. The molecule has 0 atom stereocenters. The standard InChI is InChI=1S/C11H15ClN4O3/c1-15-9(10(17)18)7-6-16(5-2-8(7)14-15)11(19)13-4-3-12/h2-6H2,1H3,(H,13,19)(H,17,18). The van der Waals surface area contributed by atoms with E-state index < -0.39 is 5.97 Å². The predicted octanol–water partition coefficient (Wildman–Crippen LogP) is 0.425. The zero-order chi connectivity index (χ0) is 14.0. The Kier molecular flexibility index (Phi) is 3.94. The summed E-state index contributed by atoms with van der Waals surface area (Å²) in [7, 11) is 1.60. The number of aromatic nitrogens is 2. The number of rotatable bonds is 3. The van der Waals surface area contributed by atoms with Gasteiger partial charge in [-0.05, 0) is 0 Å². The smallest absolute Gasteiger partial charge is 0.354 e. The van der Waals surface area contributed by atoms with Gasteiger partial charge < -0.3 is 15.3 Å².